The second-order valence-corrected chi connectivity index (χ2v) is 10.7. The normalized spacial score (nSPS) is 29.6. The molecule has 3 aliphatic heterocycles. The number of ether oxygens (including phenoxy) is 1. The van der Waals surface area contributed by atoms with Crippen molar-refractivity contribution in [2.75, 3.05) is 25.0 Å². The van der Waals surface area contributed by atoms with E-state index in [1.54, 1.807) is 29.2 Å². The summed E-state index contributed by atoms with van der Waals surface area (Å²) in [6, 6.07) is 16.2. The van der Waals surface area contributed by atoms with Crippen LogP contribution in [0.1, 0.15) is 12.0 Å². The summed E-state index contributed by atoms with van der Waals surface area (Å²) in [7, 11) is -3.51. The minimum Gasteiger partial charge on any atom is -0.365 e. The number of carbonyl (C=O) groups excluding carboxylic acids is 1. The Morgan fingerprint density at radius 3 is 2.73 bits per heavy atom. The zero-order chi connectivity index (χ0) is 20.9. The van der Waals surface area contributed by atoms with E-state index in [0.29, 0.717) is 30.2 Å². The molecule has 2 amide bonds. The van der Waals surface area contributed by atoms with Crippen molar-refractivity contribution in [2.45, 2.75) is 29.9 Å². The number of rotatable bonds is 3. The van der Waals surface area contributed by atoms with Crippen LogP contribution < -0.4 is 5.32 Å². The summed E-state index contributed by atoms with van der Waals surface area (Å²) in [5, 5.41) is 2.77. The molecule has 0 saturated carbocycles. The lowest BCUT2D eigenvalue weighted by atomic mass is 9.99. The Hall–Kier alpha value is -2.13. The van der Waals surface area contributed by atoms with Crippen LogP contribution in [0.15, 0.2) is 54.6 Å². The minimum atomic E-state index is -3.51. The monoisotopic (exact) mass is 447 g/mol. The lowest BCUT2D eigenvalue weighted by molar-refractivity contribution is -0.0946. The van der Waals surface area contributed by atoms with Crippen LogP contribution in [0.25, 0.3) is 0 Å². The molecule has 5 rings (SSSR count). The van der Waals surface area contributed by atoms with Crippen LogP contribution in [0.2, 0.25) is 5.02 Å². The molecule has 2 bridgehead atoms. The number of hydrogen-bond acceptors (Lipinski definition) is 4. The number of fused-ring (bicyclic) bond motifs is 1. The number of amides is 2. The minimum absolute atomic E-state index is 0.241. The number of sulfonamides is 1. The second kappa shape index (κ2) is 7.23. The van der Waals surface area contributed by atoms with E-state index < -0.39 is 20.9 Å². The number of urea groups is 1. The smallest absolute Gasteiger partial charge is 0.322 e. The van der Waals surface area contributed by atoms with Gasteiger partial charge in [-0.05, 0) is 30.2 Å². The number of nitrogens with zero attached hydrogens (tertiary/aromatic N) is 2. The molecule has 0 unspecified atom stereocenters. The van der Waals surface area contributed by atoms with Crippen molar-refractivity contribution < 1.29 is 17.9 Å². The molecular weight excluding hydrogens is 426 g/mol. The standard InChI is InChI=1S/C21H22ClN3O4S/c22-16-7-4-8-17(9-16)23-20(26)24-12-18-10-19-21(13-24,29-18)14-25(30(19,27)28)11-15-5-2-1-3-6-15/h1-9,18-19H,10-14H2,(H,23,26)/t18-,19+,21+/m1/s1. The molecule has 3 heterocycles. The SMILES string of the molecule is O=C(Nc1cccc(Cl)c1)N1C[C@H]2C[C@H]3[C@](C1)(CN(Cc1ccccc1)S3(=O)=O)O2. The first-order valence-electron chi connectivity index (χ1n) is 9.88. The summed E-state index contributed by atoms with van der Waals surface area (Å²) < 4.78 is 34.2. The van der Waals surface area contributed by atoms with Crippen LogP contribution in [0.3, 0.4) is 0 Å². The zero-order valence-electron chi connectivity index (χ0n) is 16.2. The van der Waals surface area contributed by atoms with Crippen molar-refractivity contribution in [3.05, 3.63) is 65.2 Å². The third-order valence-corrected chi connectivity index (χ3v) is 8.63. The van der Waals surface area contributed by atoms with Crippen molar-refractivity contribution in [1.29, 1.82) is 0 Å². The van der Waals surface area contributed by atoms with Gasteiger partial charge in [-0.1, -0.05) is 48.0 Å². The predicted octanol–water partition coefficient (Wildman–Crippen LogP) is 2.93. The van der Waals surface area contributed by atoms with E-state index in [9.17, 15) is 13.2 Å². The van der Waals surface area contributed by atoms with Crippen LogP contribution in [-0.2, 0) is 21.3 Å². The fourth-order valence-corrected chi connectivity index (χ4v) is 7.28. The van der Waals surface area contributed by atoms with E-state index in [-0.39, 0.29) is 25.2 Å². The molecule has 3 aliphatic rings. The van der Waals surface area contributed by atoms with Crippen LogP contribution >= 0.6 is 11.6 Å². The lowest BCUT2D eigenvalue weighted by Crippen LogP contribution is -2.57. The van der Waals surface area contributed by atoms with E-state index >= 15 is 0 Å². The van der Waals surface area contributed by atoms with Crippen molar-refractivity contribution in [2.24, 2.45) is 0 Å². The van der Waals surface area contributed by atoms with Gasteiger partial charge in [0.15, 0.2) is 0 Å². The molecule has 7 nitrogen and oxygen atoms in total. The van der Waals surface area contributed by atoms with Gasteiger partial charge in [-0.3, -0.25) is 0 Å². The topological polar surface area (TPSA) is 79.0 Å². The number of anilines is 1. The van der Waals surface area contributed by atoms with Crippen LogP contribution in [-0.4, -0.2) is 60.2 Å². The van der Waals surface area contributed by atoms with Gasteiger partial charge in [0, 0.05) is 30.3 Å². The Morgan fingerprint density at radius 1 is 1.17 bits per heavy atom. The van der Waals surface area contributed by atoms with Crippen molar-refractivity contribution in [3.63, 3.8) is 0 Å². The molecule has 3 fully saturated rings. The van der Waals surface area contributed by atoms with E-state index in [1.165, 1.54) is 4.31 Å². The second-order valence-electron chi connectivity index (χ2n) is 8.15. The third kappa shape index (κ3) is 3.37. The Balaban J connectivity index is 1.35. The van der Waals surface area contributed by atoms with Gasteiger partial charge in [0.2, 0.25) is 10.0 Å². The summed E-state index contributed by atoms with van der Waals surface area (Å²) >= 11 is 6.00. The van der Waals surface area contributed by atoms with Crippen LogP contribution in [0.4, 0.5) is 10.5 Å². The molecule has 30 heavy (non-hydrogen) atoms. The van der Waals surface area contributed by atoms with Gasteiger partial charge >= 0.3 is 6.03 Å². The molecule has 0 aromatic heterocycles. The highest BCUT2D eigenvalue weighted by atomic mass is 35.5. The zero-order valence-corrected chi connectivity index (χ0v) is 17.8. The van der Waals surface area contributed by atoms with E-state index in [4.69, 9.17) is 16.3 Å². The van der Waals surface area contributed by atoms with Crippen molar-refractivity contribution in [1.82, 2.24) is 9.21 Å². The van der Waals surface area contributed by atoms with Crippen molar-refractivity contribution >= 4 is 33.3 Å². The fourth-order valence-electron chi connectivity index (χ4n) is 4.80. The lowest BCUT2D eigenvalue weighted by Gasteiger charge is -2.39. The molecular formula is C21H22ClN3O4S. The molecule has 0 aliphatic carbocycles. The Labute approximate surface area is 180 Å². The summed E-state index contributed by atoms with van der Waals surface area (Å²) in [4.78, 5) is 14.5. The van der Waals surface area contributed by atoms with Crippen LogP contribution in [0.5, 0.6) is 0 Å². The predicted molar refractivity (Wildman–Crippen MR) is 114 cm³/mol. The molecule has 158 valence electrons. The highest BCUT2D eigenvalue weighted by Gasteiger charge is 2.65. The molecule has 1 N–H and O–H groups in total. The Morgan fingerprint density at radius 2 is 1.97 bits per heavy atom. The summed E-state index contributed by atoms with van der Waals surface area (Å²) in [6.07, 6.45) is 0.136. The average molecular weight is 448 g/mol. The molecule has 1 spiro atoms. The molecule has 3 atom stereocenters. The number of nitrogens with one attached hydrogen (secondary N) is 1. The van der Waals surface area contributed by atoms with Gasteiger partial charge in [0.05, 0.1) is 12.6 Å². The van der Waals surface area contributed by atoms with E-state index in [0.717, 1.165) is 5.56 Å². The largest absolute Gasteiger partial charge is 0.365 e. The molecule has 3 saturated heterocycles. The van der Waals surface area contributed by atoms with Gasteiger partial charge in [-0.25, -0.2) is 13.2 Å². The van der Waals surface area contributed by atoms with Gasteiger partial charge in [-0.2, -0.15) is 4.31 Å². The summed E-state index contributed by atoms with van der Waals surface area (Å²) in [5.41, 5.74) is 0.646. The van der Waals surface area contributed by atoms with Crippen LogP contribution in [0, 0.1) is 0 Å². The number of halogens is 1. The molecule has 2 aromatic rings. The highest BCUT2D eigenvalue weighted by molar-refractivity contribution is 7.90. The number of benzene rings is 2. The van der Waals surface area contributed by atoms with Gasteiger partial charge < -0.3 is 15.0 Å². The first kappa shape index (κ1) is 19.8. The number of hydrogen-bond donors (Lipinski definition) is 1. The number of carbonyl (C=O) groups is 1. The first-order chi connectivity index (χ1) is 14.4. The average Bonchev–Trinajstić information content (AvgIpc) is 3.08. The van der Waals surface area contributed by atoms with E-state index in [2.05, 4.69) is 5.32 Å². The number of likely N-dealkylation sites (tertiary alicyclic amines) is 1. The van der Waals surface area contributed by atoms with E-state index in [1.807, 2.05) is 30.3 Å². The third-order valence-electron chi connectivity index (χ3n) is 6.08. The maximum atomic E-state index is 13.2. The Bertz CT molecular complexity index is 1080. The van der Waals surface area contributed by atoms with Gasteiger partial charge in [0.25, 0.3) is 0 Å². The Kier molecular flexibility index (Phi) is 4.77. The summed E-state index contributed by atoms with van der Waals surface area (Å²) in [6.45, 7) is 1.18. The molecule has 2 aromatic carbocycles. The van der Waals surface area contributed by atoms with Gasteiger partial charge in [-0.15, -0.1) is 0 Å². The number of morpholine rings is 1. The maximum Gasteiger partial charge on any atom is 0.322 e. The quantitative estimate of drug-likeness (QED) is 0.784. The molecule has 0 radical (unpaired) electrons. The van der Waals surface area contributed by atoms with Crippen molar-refractivity contribution in [3.8, 4) is 0 Å². The first-order valence-corrected chi connectivity index (χ1v) is 11.8. The maximum absolute atomic E-state index is 13.2. The highest BCUT2D eigenvalue weighted by Crippen LogP contribution is 2.47. The summed E-state index contributed by atoms with van der Waals surface area (Å²) in [5.74, 6) is 0. The van der Waals surface area contributed by atoms with Gasteiger partial charge in [0.1, 0.15) is 10.9 Å². The fraction of sp³-hybridized carbons (Fsp3) is 0.381. The molecule has 9 heteroatoms.